The summed E-state index contributed by atoms with van der Waals surface area (Å²) in [4.78, 5) is 13.2. The van der Waals surface area contributed by atoms with Gasteiger partial charge in [0.25, 0.3) is 5.91 Å². The molecule has 144 valence electrons. The van der Waals surface area contributed by atoms with Gasteiger partial charge in [-0.3, -0.25) is 4.79 Å². The lowest BCUT2D eigenvalue weighted by atomic mass is 10.1. The highest BCUT2D eigenvalue weighted by atomic mass is 32.1. The van der Waals surface area contributed by atoms with E-state index in [1.165, 1.54) is 6.21 Å². The third-order valence-electron chi connectivity index (χ3n) is 4.26. The average Bonchev–Trinajstić information content (AvgIpc) is 3.44. The van der Waals surface area contributed by atoms with Gasteiger partial charge < -0.3 is 5.11 Å². The zero-order valence-electron chi connectivity index (χ0n) is 15.3. The monoisotopic (exact) mass is 402 g/mol. The molecule has 2 N–H and O–H groups in total. The molecule has 0 spiro atoms. The van der Waals surface area contributed by atoms with E-state index in [4.69, 9.17) is 0 Å². The first kappa shape index (κ1) is 18.8. The first-order chi connectivity index (χ1) is 14.2. The van der Waals surface area contributed by atoms with Crippen molar-refractivity contribution in [3.63, 3.8) is 0 Å². The number of nitrogens with one attached hydrogen (secondary N) is 1. The number of nitrogens with zero attached hydrogens (tertiary/aromatic N) is 3. The van der Waals surface area contributed by atoms with Crippen LogP contribution < -0.4 is 5.43 Å². The number of carbonyl (C=O) groups is 1. The third kappa shape index (κ3) is 4.31. The van der Waals surface area contributed by atoms with Crippen LogP contribution in [0.1, 0.15) is 17.2 Å². The number of carbonyl (C=O) groups excluding carboxylic acids is 1. The summed E-state index contributed by atoms with van der Waals surface area (Å²) in [5.74, 6) is -0.597. The van der Waals surface area contributed by atoms with Crippen LogP contribution in [-0.4, -0.2) is 27.0 Å². The molecule has 4 aromatic rings. The molecule has 1 amide bonds. The van der Waals surface area contributed by atoms with E-state index in [9.17, 15) is 9.90 Å². The fourth-order valence-corrected chi connectivity index (χ4v) is 3.54. The molecule has 0 saturated carbocycles. The molecule has 0 fully saturated rings. The second-order valence-corrected chi connectivity index (χ2v) is 7.19. The molecule has 0 bridgehead atoms. The first-order valence-electron chi connectivity index (χ1n) is 8.97. The van der Waals surface area contributed by atoms with E-state index in [-0.39, 0.29) is 0 Å². The van der Waals surface area contributed by atoms with E-state index < -0.39 is 12.0 Å². The summed E-state index contributed by atoms with van der Waals surface area (Å²) in [5, 5.41) is 20.8. The van der Waals surface area contributed by atoms with Crippen molar-refractivity contribution in [2.45, 2.75) is 6.10 Å². The molecule has 6 nitrogen and oxygen atoms in total. The van der Waals surface area contributed by atoms with E-state index >= 15 is 0 Å². The van der Waals surface area contributed by atoms with Gasteiger partial charge in [-0.25, -0.2) is 10.1 Å². The summed E-state index contributed by atoms with van der Waals surface area (Å²) in [6, 6.07) is 22.4. The Morgan fingerprint density at radius 2 is 1.79 bits per heavy atom. The minimum absolute atomic E-state index is 0.511. The largest absolute Gasteiger partial charge is 0.378 e. The Labute approximate surface area is 171 Å². The molecule has 2 heterocycles. The van der Waals surface area contributed by atoms with Gasteiger partial charge in [0.2, 0.25) is 0 Å². The van der Waals surface area contributed by atoms with Crippen LogP contribution in [0.5, 0.6) is 0 Å². The Bertz CT molecular complexity index is 1110. The lowest BCUT2D eigenvalue weighted by molar-refractivity contribution is -0.129. The van der Waals surface area contributed by atoms with E-state index in [1.54, 1.807) is 40.3 Å². The highest BCUT2D eigenvalue weighted by Crippen LogP contribution is 2.26. The van der Waals surface area contributed by atoms with Crippen molar-refractivity contribution in [3.05, 3.63) is 95.5 Å². The zero-order valence-corrected chi connectivity index (χ0v) is 16.2. The van der Waals surface area contributed by atoms with Crippen molar-refractivity contribution in [1.82, 2.24) is 15.2 Å². The molecule has 0 aliphatic rings. The summed E-state index contributed by atoms with van der Waals surface area (Å²) in [5.41, 5.74) is 5.36. The van der Waals surface area contributed by atoms with Gasteiger partial charge in [-0.05, 0) is 29.1 Å². The highest BCUT2D eigenvalue weighted by molar-refractivity contribution is 7.13. The minimum Gasteiger partial charge on any atom is -0.378 e. The Morgan fingerprint density at radius 3 is 2.48 bits per heavy atom. The summed E-state index contributed by atoms with van der Waals surface area (Å²) in [6.45, 7) is 0. The van der Waals surface area contributed by atoms with Crippen molar-refractivity contribution in [2.75, 3.05) is 0 Å². The molecule has 7 heteroatoms. The quantitative estimate of drug-likeness (QED) is 0.380. The molecule has 2 aromatic carbocycles. The summed E-state index contributed by atoms with van der Waals surface area (Å²) < 4.78 is 1.77. The predicted octanol–water partition coefficient (Wildman–Crippen LogP) is 3.78. The maximum absolute atomic E-state index is 12.2. The second-order valence-electron chi connectivity index (χ2n) is 6.24. The molecular formula is C22H18N4O2S. The van der Waals surface area contributed by atoms with Crippen molar-refractivity contribution >= 4 is 23.5 Å². The standard InChI is InChI=1S/C22H18N4O2S/c27-21(16-8-3-1-4-9-16)22(28)24-23-14-17-15-26(18-10-5-2-6-11-18)25-20(17)19-12-7-13-29-19/h1-15,21,27H,(H,24,28)/b23-14-/t21-/m1/s1. The van der Waals surface area contributed by atoms with Gasteiger partial charge in [-0.2, -0.15) is 10.2 Å². The number of hydrazone groups is 1. The molecule has 0 saturated heterocycles. The normalized spacial score (nSPS) is 12.2. The van der Waals surface area contributed by atoms with Crippen LogP contribution in [0.25, 0.3) is 16.3 Å². The number of amides is 1. The number of rotatable bonds is 6. The number of thiophene rings is 1. The van der Waals surface area contributed by atoms with Crippen molar-refractivity contribution < 1.29 is 9.90 Å². The van der Waals surface area contributed by atoms with Gasteiger partial charge in [0.05, 0.1) is 16.8 Å². The van der Waals surface area contributed by atoms with Gasteiger partial charge in [0, 0.05) is 11.8 Å². The van der Waals surface area contributed by atoms with Crippen molar-refractivity contribution in [3.8, 4) is 16.3 Å². The Balaban J connectivity index is 1.56. The third-order valence-corrected chi connectivity index (χ3v) is 5.14. The minimum atomic E-state index is -1.28. The fourth-order valence-electron chi connectivity index (χ4n) is 2.81. The number of hydrogen-bond donors (Lipinski definition) is 2. The Kier molecular flexibility index (Phi) is 5.60. The van der Waals surface area contributed by atoms with Gasteiger partial charge in [0.1, 0.15) is 5.69 Å². The van der Waals surface area contributed by atoms with Crippen LogP contribution >= 0.6 is 11.3 Å². The maximum atomic E-state index is 12.2. The van der Waals surface area contributed by atoms with Crippen molar-refractivity contribution in [1.29, 1.82) is 0 Å². The topological polar surface area (TPSA) is 79.5 Å². The molecule has 29 heavy (non-hydrogen) atoms. The molecule has 0 radical (unpaired) electrons. The average molecular weight is 402 g/mol. The van der Waals surface area contributed by atoms with Gasteiger partial charge in [0.15, 0.2) is 6.10 Å². The van der Waals surface area contributed by atoms with Crippen LogP contribution in [0.4, 0.5) is 0 Å². The van der Waals surface area contributed by atoms with E-state index in [0.717, 1.165) is 21.8 Å². The number of benzene rings is 2. The van der Waals surface area contributed by atoms with Crippen LogP contribution in [0.3, 0.4) is 0 Å². The van der Waals surface area contributed by atoms with E-state index in [1.807, 2.05) is 60.1 Å². The number of aliphatic hydroxyl groups excluding tert-OH is 1. The number of para-hydroxylation sites is 1. The number of aliphatic hydroxyl groups is 1. The van der Waals surface area contributed by atoms with Crippen LogP contribution in [0.15, 0.2) is 89.5 Å². The predicted molar refractivity (Wildman–Crippen MR) is 114 cm³/mol. The molecule has 4 rings (SSSR count). The SMILES string of the molecule is O=C(N/N=C\c1cn(-c2ccccc2)nc1-c1cccs1)[C@H](O)c1ccccc1. The van der Waals surface area contributed by atoms with E-state index in [2.05, 4.69) is 15.6 Å². The first-order valence-corrected chi connectivity index (χ1v) is 9.85. The van der Waals surface area contributed by atoms with Crippen LogP contribution in [0, 0.1) is 0 Å². The van der Waals surface area contributed by atoms with E-state index in [0.29, 0.717) is 5.56 Å². The summed E-state index contributed by atoms with van der Waals surface area (Å²) in [7, 11) is 0. The maximum Gasteiger partial charge on any atom is 0.273 e. The van der Waals surface area contributed by atoms with Gasteiger partial charge in [-0.15, -0.1) is 11.3 Å². The second kappa shape index (κ2) is 8.64. The molecule has 0 unspecified atom stereocenters. The number of hydrogen-bond acceptors (Lipinski definition) is 5. The van der Waals surface area contributed by atoms with Gasteiger partial charge in [-0.1, -0.05) is 54.6 Å². The summed E-state index contributed by atoms with van der Waals surface area (Å²) in [6.07, 6.45) is 2.11. The zero-order chi connectivity index (χ0) is 20.1. The lowest BCUT2D eigenvalue weighted by Gasteiger charge is -2.08. The molecule has 2 aromatic heterocycles. The van der Waals surface area contributed by atoms with Gasteiger partial charge >= 0.3 is 0 Å². The van der Waals surface area contributed by atoms with Crippen LogP contribution in [0.2, 0.25) is 0 Å². The molecule has 0 aliphatic heterocycles. The Morgan fingerprint density at radius 1 is 1.07 bits per heavy atom. The number of aromatic nitrogens is 2. The molecular weight excluding hydrogens is 384 g/mol. The van der Waals surface area contributed by atoms with Crippen molar-refractivity contribution in [2.24, 2.45) is 5.10 Å². The van der Waals surface area contributed by atoms with Crippen LogP contribution in [-0.2, 0) is 4.79 Å². The lowest BCUT2D eigenvalue weighted by Crippen LogP contribution is -2.25. The fraction of sp³-hybridized carbons (Fsp3) is 0.0455. The Hall–Kier alpha value is -3.55. The smallest absolute Gasteiger partial charge is 0.273 e. The summed E-state index contributed by atoms with van der Waals surface area (Å²) >= 11 is 1.58. The molecule has 0 aliphatic carbocycles. The molecule has 1 atom stereocenters. The highest BCUT2D eigenvalue weighted by Gasteiger charge is 2.16.